The van der Waals surface area contributed by atoms with Crippen molar-refractivity contribution in [2.45, 2.75) is 24.7 Å². The molecule has 104 valence electrons. The van der Waals surface area contributed by atoms with E-state index >= 15 is 0 Å². The number of hydrogen-bond donors (Lipinski definition) is 0. The topological polar surface area (TPSA) is 54.5 Å². The van der Waals surface area contributed by atoms with Gasteiger partial charge in [0.1, 0.15) is 5.75 Å². The molecular formula is C14H19NO3S. The maximum atomic E-state index is 12.1. The highest BCUT2D eigenvalue weighted by molar-refractivity contribution is 7.92. The van der Waals surface area contributed by atoms with E-state index in [4.69, 9.17) is 0 Å². The minimum atomic E-state index is -3.52. The highest BCUT2D eigenvalue weighted by atomic mass is 32.2. The molecule has 0 spiro atoms. The predicted octanol–water partition coefficient (Wildman–Crippen LogP) is 1.72. The molecule has 0 aromatic heterocycles. The molecule has 0 unspecified atom stereocenters. The van der Waals surface area contributed by atoms with Gasteiger partial charge in [0.15, 0.2) is 9.84 Å². The third-order valence-electron chi connectivity index (χ3n) is 3.43. The standard InChI is InChI=1S/C14H19NO3S/c1-12-6-5-9-15(10-12)14(16)11-19(17,18)13-7-3-2-4-8-13/h2-4,7-8,12H,5-6,9-11H2,1H3/t12-/m1/s1. The first kappa shape index (κ1) is 14.1. The number of piperidine rings is 1. The highest BCUT2D eigenvalue weighted by Gasteiger charge is 2.26. The average Bonchev–Trinajstić information content (AvgIpc) is 2.39. The third-order valence-corrected chi connectivity index (χ3v) is 5.04. The van der Waals surface area contributed by atoms with Crippen molar-refractivity contribution >= 4 is 15.7 Å². The molecule has 1 aromatic carbocycles. The first-order valence-corrected chi connectivity index (χ1v) is 8.20. The molecule has 0 saturated carbocycles. The van der Waals surface area contributed by atoms with E-state index in [0.29, 0.717) is 19.0 Å². The summed E-state index contributed by atoms with van der Waals surface area (Å²) in [5.74, 6) is -0.253. The lowest BCUT2D eigenvalue weighted by Crippen LogP contribution is -2.42. The first-order chi connectivity index (χ1) is 8.99. The fraction of sp³-hybridized carbons (Fsp3) is 0.500. The van der Waals surface area contributed by atoms with Gasteiger partial charge < -0.3 is 4.90 Å². The van der Waals surface area contributed by atoms with Crippen LogP contribution in [0.15, 0.2) is 35.2 Å². The van der Waals surface area contributed by atoms with Gasteiger partial charge in [-0.2, -0.15) is 0 Å². The fourth-order valence-electron chi connectivity index (χ4n) is 2.38. The molecule has 1 heterocycles. The maximum Gasteiger partial charge on any atom is 0.238 e. The molecule has 4 nitrogen and oxygen atoms in total. The van der Waals surface area contributed by atoms with E-state index in [1.54, 1.807) is 23.1 Å². The summed E-state index contributed by atoms with van der Waals surface area (Å²) in [6.45, 7) is 3.43. The van der Waals surface area contributed by atoms with Gasteiger partial charge in [0.2, 0.25) is 5.91 Å². The summed E-state index contributed by atoms with van der Waals surface area (Å²) >= 11 is 0. The van der Waals surface area contributed by atoms with Gasteiger partial charge in [-0.1, -0.05) is 25.1 Å². The van der Waals surface area contributed by atoms with E-state index in [1.165, 1.54) is 12.1 Å². The van der Waals surface area contributed by atoms with E-state index in [9.17, 15) is 13.2 Å². The van der Waals surface area contributed by atoms with Crippen LogP contribution >= 0.6 is 0 Å². The first-order valence-electron chi connectivity index (χ1n) is 6.54. The number of hydrogen-bond acceptors (Lipinski definition) is 3. The molecule has 1 atom stereocenters. The van der Waals surface area contributed by atoms with Crippen LogP contribution in [0.4, 0.5) is 0 Å². The van der Waals surface area contributed by atoms with E-state index in [1.807, 2.05) is 0 Å². The SMILES string of the molecule is C[C@@H]1CCCN(C(=O)CS(=O)(=O)c2ccccc2)C1. The lowest BCUT2D eigenvalue weighted by atomic mass is 10.0. The zero-order valence-electron chi connectivity index (χ0n) is 11.1. The third kappa shape index (κ3) is 3.56. The van der Waals surface area contributed by atoms with Crippen molar-refractivity contribution in [3.05, 3.63) is 30.3 Å². The number of carbonyl (C=O) groups excluding carboxylic acids is 1. The smallest absolute Gasteiger partial charge is 0.238 e. The molecule has 1 saturated heterocycles. The van der Waals surface area contributed by atoms with Crippen molar-refractivity contribution in [3.63, 3.8) is 0 Å². The van der Waals surface area contributed by atoms with Crippen molar-refractivity contribution in [2.24, 2.45) is 5.92 Å². The van der Waals surface area contributed by atoms with Crippen LogP contribution in [0.25, 0.3) is 0 Å². The van der Waals surface area contributed by atoms with Gasteiger partial charge >= 0.3 is 0 Å². The van der Waals surface area contributed by atoms with Crippen LogP contribution < -0.4 is 0 Å². The molecule has 0 N–H and O–H groups in total. The Hall–Kier alpha value is -1.36. The van der Waals surface area contributed by atoms with Crippen molar-refractivity contribution in [1.82, 2.24) is 4.90 Å². The Labute approximate surface area is 114 Å². The molecule has 1 aliphatic heterocycles. The lowest BCUT2D eigenvalue weighted by Gasteiger charge is -2.30. The van der Waals surface area contributed by atoms with Crippen LogP contribution in [0.1, 0.15) is 19.8 Å². The van der Waals surface area contributed by atoms with Gasteiger partial charge in [0.05, 0.1) is 4.90 Å². The Kier molecular flexibility index (Phi) is 4.24. The van der Waals surface area contributed by atoms with Crippen LogP contribution in [0.3, 0.4) is 0 Å². The van der Waals surface area contributed by atoms with E-state index in [0.717, 1.165) is 12.8 Å². The van der Waals surface area contributed by atoms with Crippen molar-refractivity contribution in [1.29, 1.82) is 0 Å². The molecule has 2 rings (SSSR count). The van der Waals surface area contributed by atoms with Gasteiger partial charge in [0.25, 0.3) is 0 Å². The van der Waals surface area contributed by atoms with E-state index < -0.39 is 15.6 Å². The average molecular weight is 281 g/mol. The number of amides is 1. The summed E-state index contributed by atoms with van der Waals surface area (Å²) in [4.78, 5) is 14.0. The molecule has 1 amide bonds. The maximum absolute atomic E-state index is 12.1. The molecule has 0 aliphatic carbocycles. The number of nitrogens with zero attached hydrogens (tertiary/aromatic N) is 1. The molecular weight excluding hydrogens is 262 g/mol. The largest absolute Gasteiger partial charge is 0.342 e. The Morgan fingerprint density at radius 2 is 2.00 bits per heavy atom. The second kappa shape index (κ2) is 5.74. The Morgan fingerprint density at radius 1 is 1.32 bits per heavy atom. The number of sulfone groups is 1. The number of likely N-dealkylation sites (tertiary alicyclic amines) is 1. The van der Waals surface area contributed by atoms with E-state index in [-0.39, 0.29) is 10.8 Å². The zero-order chi connectivity index (χ0) is 13.9. The molecule has 0 radical (unpaired) electrons. The van der Waals surface area contributed by atoms with Gasteiger partial charge in [-0.3, -0.25) is 4.79 Å². The molecule has 1 aromatic rings. The van der Waals surface area contributed by atoms with Crippen LogP contribution in [-0.4, -0.2) is 38.1 Å². The second-order valence-corrected chi connectivity index (χ2v) is 7.15. The number of benzene rings is 1. The molecule has 1 fully saturated rings. The summed E-state index contributed by atoms with van der Waals surface area (Å²) in [6, 6.07) is 8.15. The number of rotatable bonds is 3. The molecule has 19 heavy (non-hydrogen) atoms. The molecule has 0 bridgehead atoms. The van der Waals surface area contributed by atoms with Crippen LogP contribution in [0, 0.1) is 5.92 Å². The minimum Gasteiger partial charge on any atom is -0.342 e. The van der Waals surface area contributed by atoms with Gasteiger partial charge in [0, 0.05) is 13.1 Å². The van der Waals surface area contributed by atoms with Crippen LogP contribution in [-0.2, 0) is 14.6 Å². The van der Waals surface area contributed by atoms with Gasteiger partial charge in [-0.15, -0.1) is 0 Å². The Bertz CT molecular complexity index is 539. The summed E-state index contributed by atoms with van der Waals surface area (Å²) in [5, 5.41) is 0. The van der Waals surface area contributed by atoms with Crippen molar-refractivity contribution < 1.29 is 13.2 Å². The Morgan fingerprint density at radius 3 is 2.63 bits per heavy atom. The lowest BCUT2D eigenvalue weighted by molar-refractivity contribution is -0.130. The molecule has 5 heteroatoms. The molecule has 1 aliphatic rings. The zero-order valence-corrected chi connectivity index (χ0v) is 11.9. The summed E-state index contributed by atoms with van der Waals surface area (Å²) in [7, 11) is -3.52. The normalized spacial score (nSPS) is 20.3. The van der Waals surface area contributed by atoms with Gasteiger partial charge in [-0.25, -0.2) is 8.42 Å². The highest BCUT2D eigenvalue weighted by Crippen LogP contribution is 2.17. The summed E-state index contributed by atoms with van der Waals surface area (Å²) in [6.07, 6.45) is 2.06. The van der Waals surface area contributed by atoms with Crippen molar-refractivity contribution in [3.8, 4) is 0 Å². The van der Waals surface area contributed by atoms with Gasteiger partial charge in [-0.05, 0) is 30.9 Å². The monoisotopic (exact) mass is 281 g/mol. The second-order valence-electron chi connectivity index (χ2n) is 5.16. The van der Waals surface area contributed by atoms with E-state index in [2.05, 4.69) is 6.92 Å². The van der Waals surface area contributed by atoms with Crippen LogP contribution in [0.5, 0.6) is 0 Å². The number of carbonyl (C=O) groups is 1. The summed E-state index contributed by atoms with van der Waals surface area (Å²) < 4.78 is 24.2. The quantitative estimate of drug-likeness (QED) is 0.847. The predicted molar refractivity (Wildman–Crippen MR) is 73.5 cm³/mol. The minimum absolute atomic E-state index is 0.216. The van der Waals surface area contributed by atoms with Crippen LogP contribution in [0.2, 0.25) is 0 Å². The fourth-order valence-corrected chi connectivity index (χ4v) is 3.63. The summed E-state index contributed by atoms with van der Waals surface area (Å²) in [5.41, 5.74) is 0. The van der Waals surface area contributed by atoms with Crippen molar-refractivity contribution in [2.75, 3.05) is 18.8 Å². The Balaban J connectivity index is 2.06.